The maximum Gasteiger partial charge on any atom is 0.408 e. The quantitative estimate of drug-likeness (QED) is 0.629. The highest BCUT2D eigenvalue weighted by molar-refractivity contribution is 6.75. The van der Waals surface area contributed by atoms with Crippen LogP contribution in [0.1, 0.15) is 16.7 Å². The topological polar surface area (TPSA) is 35.8 Å². The van der Waals surface area contributed by atoms with E-state index in [1.165, 1.54) is 4.90 Å². The standard InChI is InChI=1S/C20H21BN4O/c1-13-9-10-15-16-12-23(3)21(11-19(16)26-20(15)22-13)25-14(2)24(4)17-7-5-6-8-18(17)25/h5-12,14H,1-4H3/t14-/m0/s1/i4D3. The van der Waals surface area contributed by atoms with Crippen LogP contribution < -0.4 is 20.3 Å². The number of furan rings is 1. The third-order valence-corrected chi connectivity index (χ3v) is 5.29. The van der Waals surface area contributed by atoms with E-state index in [2.05, 4.69) is 20.8 Å². The van der Waals surface area contributed by atoms with Gasteiger partial charge in [0.2, 0.25) is 5.71 Å². The molecule has 0 spiro atoms. The van der Waals surface area contributed by atoms with Crippen molar-refractivity contribution in [2.75, 3.05) is 23.7 Å². The van der Waals surface area contributed by atoms with Crippen LogP contribution in [-0.4, -0.2) is 37.0 Å². The molecule has 0 fully saturated rings. The van der Waals surface area contributed by atoms with Crippen LogP contribution in [0.15, 0.2) is 40.8 Å². The molecule has 5 nitrogen and oxygen atoms in total. The van der Waals surface area contributed by atoms with Crippen LogP contribution in [0.3, 0.4) is 0 Å². The molecular formula is C20H21BN4O. The number of anilines is 2. The van der Waals surface area contributed by atoms with E-state index in [1.807, 2.05) is 63.3 Å². The lowest BCUT2D eigenvalue weighted by molar-refractivity contribution is 0.560. The molecule has 0 saturated heterocycles. The Hall–Kier alpha value is -2.89. The van der Waals surface area contributed by atoms with E-state index in [9.17, 15) is 0 Å². The van der Waals surface area contributed by atoms with Crippen LogP contribution in [0.2, 0.25) is 0 Å². The molecular weight excluding hydrogens is 323 g/mol. The minimum absolute atomic E-state index is 0.187. The van der Waals surface area contributed by atoms with E-state index in [1.54, 1.807) is 0 Å². The molecule has 3 aromatic rings. The molecule has 2 aliphatic rings. The first kappa shape index (κ1) is 12.5. The van der Waals surface area contributed by atoms with E-state index in [-0.39, 0.29) is 13.1 Å². The zero-order valence-corrected chi connectivity index (χ0v) is 15.0. The minimum Gasteiger partial charge on any atom is -0.439 e. The summed E-state index contributed by atoms with van der Waals surface area (Å²) in [6.45, 7) is 1.45. The normalized spacial score (nSPS) is 20.9. The molecule has 2 aromatic heterocycles. The number of para-hydroxylation sites is 2. The molecule has 0 saturated carbocycles. The molecule has 1 aromatic carbocycles. The summed E-state index contributed by atoms with van der Waals surface area (Å²) in [5.74, 6) is 2.04. The van der Waals surface area contributed by atoms with Gasteiger partial charge in [-0.3, -0.25) is 0 Å². The van der Waals surface area contributed by atoms with Crippen molar-refractivity contribution in [1.82, 2.24) is 9.79 Å². The largest absolute Gasteiger partial charge is 0.439 e. The van der Waals surface area contributed by atoms with Gasteiger partial charge in [0.15, 0.2) is 0 Å². The third kappa shape index (κ3) is 2.01. The Balaban J connectivity index is 1.67. The Morgan fingerprint density at radius 2 is 2.00 bits per heavy atom. The zero-order chi connectivity index (χ0) is 20.5. The van der Waals surface area contributed by atoms with Gasteiger partial charge in [-0.1, -0.05) is 12.1 Å². The molecule has 130 valence electrons. The van der Waals surface area contributed by atoms with Gasteiger partial charge < -0.3 is 18.9 Å². The summed E-state index contributed by atoms with van der Waals surface area (Å²) >= 11 is 0. The SMILES string of the molecule is [2H]C([2H])([2H])N1c2ccccc2N(B2C=c3oc4nc(C)ccc4c3=CN2C)[C@H]1C. The Labute approximate surface area is 157 Å². The molecule has 2 aliphatic heterocycles. The van der Waals surface area contributed by atoms with Crippen LogP contribution in [0.5, 0.6) is 0 Å². The van der Waals surface area contributed by atoms with Gasteiger partial charge in [0.05, 0.1) is 17.5 Å². The van der Waals surface area contributed by atoms with Gasteiger partial charge in [0, 0.05) is 33.6 Å². The van der Waals surface area contributed by atoms with Crippen molar-refractivity contribution in [2.45, 2.75) is 20.0 Å². The van der Waals surface area contributed by atoms with E-state index < -0.39 is 6.98 Å². The van der Waals surface area contributed by atoms with Gasteiger partial charge in [0.25, 0.3) is 0 Å². The van der Waals surface area contributed by atoms with Crippen LogP contribution in [-0.2, 0) is 0 Å². The zero-order valence-electron chi connectivity index (χ0n) is 18.0. The van der Waals surface area contributed by atoms with E-state index in [0.717, 1.165) is 33.1 Å². The Kier molecular flexibility index (Phi) is 2.54. The van der Waals surface area contributed by atoms with Gasteiger partial charge in [-0.05, 0) is 51.1 Å². The Morgan fingerprint density at radius 1 is 1.19 bits per heavy atom. The minimum atomic E-state index is -2.23. The smallest absolute Gasteiger partial charge is 0.408 e. The number of pyridine rings is 1. The lowest BCUT2D eigenvalue weighted by Crippen LogP contribution is -2.56. The van der Waals surface area contributed by atoms with Crippen molar-refractivity contribution in [1.29, 1.82) is 0 Å². The van der Waals surface area contributed by atoms with Gasteiger partial charge >= 0.3 is 6.98 Å². The van der Waals surface area contributed by atoms with Crippen molar-refractivity contribution < 1.29 is 8.53 Å². The van der Waals surface area contributed by atoms with Gasteiger partial charge in [0.1, 0.15) is 5.42 Å². The number of benzene rings is 1. The van der Waals surface area contributed by atoms with E-state index in [4.69, 9.17) is 8.53 Å². The number of aryl methyl sites for hydroxylation is 1. The fourth-order valence-electron chi connectivity index (χ4n) is 3.95. The molecule has 6 heteroatoms. The Bertz CT molecular complexity index is 1240. The van der Waals surface area contributed by atoms with Crippen LogP contribution in [0.4, 0.5) is 11.4 Å². The molecule has 0 bridgehead atoms. The second-order valence-electron chi connectivity index (χ2n) is 6.96. The molecule has 0 radical (unpaired) electrons. The Morgan fingerprint density at radius 3 is 2.81 bits per heavy atom. The number of nitrogens with zero attached hydrogens (tertiary/aromatic N) is 4. The third-order valence-electron chi connectivity index (χ3n) is 5.29. The summed E-state index contributed by atoms with van der Waals surface area (Å²) in [6, 6.07) is 11.7. The van der Waals surface area contributed by atoms with Crippen molar-refractivity contribution in [3.8, 4) is 0 Å². The monoisotopic (exact) mass is 347 g/mol. The van der Waals surface area contributed by atoms with Crippen LogP contribution >= 0.6 is 0 Å². The van der Waals surface area contributed by atoms with E-state index in [0.29, 0.717) is 5.71 Å². The summed E-state index contributed by atoms with van der Waals surface area (Å²) in [5.41, 5.74) is 3.90. The summed E-state index contributed by atoms with van der Waals surface area (Å²) in [4.78, 5) is 10.2. The summed E-state index contributed by atoms with van der Waals surface area (Å²) < 4.78 is 30.1. The highest BCUT2D eigenvalue weighted by Crippen LogP contribution is 2.39. The van der Waals surface area contributed by atoms with Crippen molar-refractivity contribution in [3.05, 3.63) is 52.7 Å². The fraction of sp³-hybridized carbons (Fsp3) is 0.250. The van der Waals surface area contributed by atoms with Gasteiger partial charge in [-0.25, -0.2) is 4.98 Å². The molecule has 5 rings (SSSR count). The van der Waals surface area contributed by atoms with Crippen LogP contribution in [0, 0.1) is 6.92 Å². The maximum absolute atomic E-state index is 8.03. The fourth-order valence-corrected chi connectivity index (χ4v) is 3.95. The van der Waals surface area contributed by atoms with Gasteiger partial charge in [-0.15, -0.1) is 0 Å². The van der Waals surface area contributed by atoms with Crippen LogP contribution in [0.25, 0.3) is 23.3 Å². The molecule has 0 N–H and O–H groups in total. The summed E-state index contributed by atoms with van der Waals surface area (Å²) in [5, 5.41) is 1.98. The molecule has 26 heavy (non-hydrogen) atoms. The lowest BCUT2D eigenvalue weighted by atomic mass is 9.69. The maximum atomic E-state index is 8.03. The number of fused-ring (bicyclic) bond motifs is 4. The number of hydrogen-bond donors (Lipinski definition) is 0. The number of aromatic nitrogens is 1. The predicted octanol–water partition coefficient (Wildman–Crippen LogP) is 1.93. The first-order valence-corrected chi connectivity index (χ1v) is 8.74. The van der Waals surface area contributed by atoms with Gasteiger partial charge in [-0.2, -0.15) is 0 Å². The second kappa shape index (κ2) is 5.30. The molecule has 4 heterocycles. The molecule has 0 unspecified atom stereocenters. The first-order valence-electron chi connectivity index (χ1n) is 10.2. The van der Waals surface area contributed by atoms with Crippen molar-refractivity contribution in [3.63, 3.8) is 0 Å². The molecule has 0 amide bonds. The summed E-state index contributed by atoms with van der Waals surface area (Å²) in [7, 11) is 2.00. The highest BCUT2D eigenvalue weighted by Gasteiger charge is 2.39. The summed E-state index contributed by atoms with van der Waals surface area (Å²) in [6.07, 6.45) is 1.71. The molecule has 1 atom stereocenters. The highest BCUT2D eigenvalue weighted by atomic mass is 16.3. The first-order chi connectivity index (χ1) is 13.8. The molecule has 0 aliphatic carbocycles. The predicted molar refractivity (Wildman–Crippen MR) is 107 cm³/mol. The second-order valence-corrected chi connectivity index (χ2v) is 6.96. The lowest BCUT2D eigenvalue weighted by Gasteiger charge is -2.36. The number of hydrogen-bond acceptors (Lipinski definition) is 5. The average molecular weight is 347 g/mol. The van der Waals surface area contributed by atoms with E-state index >= 15 is 0 Å². The average Bonchev–Trinajstić information content (AvgIpc) is 3.14. The number of rotatable bonds is 1. The van der Waals surface area contributed by atoms with Crippen molar-refractivity contribution >= 4 is 41.6 Å². The van der Waals surface area contributed by atoms with Crippen molar-refractivity contribution in [2.24, 2.45) is 0 Å².